The number of unbranched alkanes of at least 4 members (excludes halogenated alkanes) is 2. The predicted octanol–water partition coefficient (Wildman–Crippen LogP) is 5.73. The van der Waals surface area contributed by atoms with Gasteiger partial charge in [-0.3, -0.25) is 4.79 Å². The number of hydrogen-bond donors (Lipinski definition) is 0. The van der Waals surface area contributed by atoms with Gasteiger partial charge in [-0.15, -0.1) is 0 Å². The van der Waals surface area contributed by atoms with Crippen LogP contribution in [0.5, 0.6) is 5.75 Å². The maximum Gasteiger partial charge on any atom is 0.308 e. The zero-order valence-corrected chi connectivity index (χ0v) is 19.4. The zero-order valence-electron chi connectivity index (χ0n) is 18.6. The first-order chi connectivity index (χ1) is 13.6. The van der Waals surface area contributed by atoms with Gasteiger partial charge in [0.2, 0.25) is 0 Å². The molecule has 0 atom stereocenters. The Labute approximate surface area is 177 Å². The molecule has 0 aromatic heterocycles. The van der Waals surface area contributed by atoms with Crippen LogP contribution in [0.1, 0.15) is 84.6 Å². The normalized spacial score (nSPS) is 20.4. The first-order valence-electron chi connectivity index (χ1n) is 11.1. The van der Waals surface area contributed by atoms with Crippen LogP contribution in [-0.2, 0) is 21.1 Å². The van der Waals surface area contributed by atoms with Gasteiger partial charge in [0, 0.05) is 6.92 Å². The predicted molar refractivity (Wildman–Crippen MR) is 119 cm³/mol. The molecule has 1 aliphatic carbocycles. The number of rotatable bonds is 9. The smallest absolute Gasteiger partial charge is 0.308 e. The molecule has 0 aliphatic heterocycles. The van der Waals surface area contributed by atoms with Crippen molar-refractivity contribution < 1.29 is 17.9 Å². The average molecular weight is 423 g/mol. The van der Waals surface area contributed by atoms with Gasteiger partial charge in [-0.1, -0.05) is 44.2 Å². The number of aryl methyl sites for hydroxylation is 1. The first-order valence-corrected chi connectivity index (χ1v) is 12.7. The van der Waals surface area contributed by atoms with Gasteiger partial charge in [0.15, 0.2) is 9.84 Å². The number of hydrogen-bond acceptors (Lipinski definition) is 4. The molecule has 0 heterocycles. The van der Waals surface area contributed by atoms with Crippen molar-refractivity contribution >= 4 is 15.8 Å². The lowest BCUT2D eigenvalue weighted by Crippen LogP contribution is -2.34. The van der Waals surface area contributed by atoms with Gasteiger partial charge in [-0.25, -0.2) is 8.42 Å². The van der Waals surface area contributed by atoms with E-state index in [4.69, 9.17) is 4.74 Å². The number of esters is 1. The van der Waals surface area contributed by atoms with Crippen molar-refractivity contribution in [2.24, 2.45) is 11.8 Å². The maximum absolute atomic E-state index is 12.4. The van der Waals surface area contributed by atoms with Gasteiger partial charge in [-0.05, 0) is 76.0 Å². The van der Waals surface area contributed by atoms with E-state index in [2.05, 4.69) is 0 Å². The molecular formula is C24H38O4S. The molecule has 0 saturated heterocycles. The third-order valence-electron chi connectivity index (χ3n) is 6.12. The molecule has 0 spiro atoms. The molecule has 4 nitrogen and oxygen atoms in total. The lowest BCUT2D eigenvalue weighted by molar-refractivity contribution is -0.131. The molecule has 164 valence electrons. The van der Waals surface area contributed by atoms with Gasteiger partial charge in [0.05, 0.1) is 10.5 Å². The zero-order chi connectivity index (χ0) is 21.5. The molecule has 1 aromatic rings. The second-order valence-electron chi connectivity index (χ2n) is 9.62. The van der Waals surface area contributed by atoms with Crippen LogP contribution in [0.4, 0.5) is 0 Å². The highest BCUT2D eigenvalue weighted by molar-refractivity contribution is 7.92. The van der Waals surface area contributed by atoms with Gasteiger partial charge >= 0.3 is 5.97 Å². The molecule has 0 unspecified atom stereocenters. The summed E-state index contributed by atoms with van der Waals surface area (Å²) in [6.45, 7) is 6.83. The second kappa shape index (κ2) is 10.6. The summed E-state index contributed by atoms with van der Waals surface area (Å²) < 4.78 is 29.2. The Hall–Kier alpha value is -1.36. The minimum Gasteiger partial charge on any atom is -0.427 e. The van der Waals surface area contributed by atoms with E-state index >= 15 is 0 Å². The van der Waals surface area contributed by atoms with E-state index in [0.29, 0.717) is 17.4 Å². The lowest BCUT2D eigenvalue weighted by Gasteiger charge is -2.30. The standard InChI is InChI=1S/C24H38O4S/c1-19(25)28-23-16-14-21(15-17-23)9-7-5-6-8-20-10-12-22(13-11-20)18-29(26,27)24(2,3)4/h14-17,20,22H,5-13,18H2,1-4H3. The van der Waals surface area contributed by atoms with E-state index in [0.717, 1.165) is 25.2 Å². The van der Waals surface area contributed by atoms with Crippen LogP contribution in [0.2, 0.25) is 0 Å². The highest BCUT2D eigenvalue weighted by Gasteiger charge is 2.33. The van der Waals surface area contributed by atoms with E-state index in [1.54, 1.807) is 0 Å². The third-order valence-corrected chi connectivity index (χ3v) is 8.89. The molecule has 5 heteroatoms. The number of carbonyl (C=O) groups is 1. The summed E-state index contributed by atoms with van der Waals surface area (Å²) in [7, 11) is -3.00. The summed E-state index contributed by atoms with van der Waals surface area (Å²) in [4.78, 5) is 10.9. The van der Waals surface area contributed by atoms with E-state index in [1.807, 2.05) is 45.0 Å². The Balaban J connectivity index is 1.60. The highest BCUT2D eigenvalue weighted by atomic mass is 32.2. The molecule has 1 aromatic carbocycles. The lowest BCUT2D eigenvalue weighted by atomic mass is 9.80. The molecular weight excluding hydrogens is 384 g/mol. The SMILES string of the molecule is CC(=O)Oc1ccc(CCCCCC2CCC(CS(=O)(=O)C(C)(C)C)CC2)cc1. The van der Waals surface area contributed by atoms with Crippen LogP contribution >= 0.6 is 0 Å². The molecule has 29 heavy (non-hydrogen) atoms. The third kappa shape index (κ3) is 8.12. The summed E-state index contributed by atoms with van der Waals surface area (Å²) in [6.07, 6.45) is 10.5. The molecule has 0 bridgehead atoms. The average Bonchev–Trinajstić information content (AvgIpc) is 2.62. The fraction of sp³-hybridized carbons (Fsp3) is 0.708. The summed E-state index contributed by atoms with van der Waals surface area (Å²) in [5.41, 5.74) is 1.28. The van der Waals surface area contributed by atoms with Crippen molar-refractivity contribution in [1.82, 2.24) is 0 Å². The summed E-state index contributed by atoms with van der Waals surface area (Å²) >= 11 is 0. The Morgan fingerprint density at radius 2 is 1.55 bits per heavy atom. The maximum atomic E-state index is 12.4. The van der Waals surface area contributed by atoms with E-state index in [9.17, 15) is 13.2 Å². The van der Waals surface area contributed by atoms with Crippen LogP contribution in [0, 0.1) is 11.8 Å². The van der Waals surface area contributed by atoms with E-state index < -0.39 is 14.6 Å². The largest absolute Gasteiger partial charge is 0.427 e. The topological polar surface area (TPSA) is 60.4 Å². The molecule has 1 saturated carbocycles. The molecule has 0 N–H and O–H groups in total. The van der Waals surface area contributed by atoms with Gasteiger partial charge in [0.1, 0.15) is 5.75 Å². The Morgan fingerprint density at radius 1 is 0.966 bits per heavy atom. The summed E-state index contributed by atoms with van der Waals surface area (Å²) in [6, 6.07) is 7.78. The number of benzene rings is 1. The van der Waals surface area contributed by atoms with Crippen molar-refractivity contribution in [3.63, 3.8) is 0 Å². The Kier molecular flexibility index (Phi) is 8.74. The number of ether oxygens (including phenoxy) is 1. The molecule has 0 radical (unpaired) electrons. The van der Waals surface area contributed by atoms with Crippen molar-refractivity contribution in [1.29, 1.82) is 0 Å². The molecule has 0 amide bonds. The van der Waals surface area contributed by atoms with E-state index in [-0.39, 0.29) is 5.97 Å². The minimum atomic E-state index is -3.00. The number of sulfone groups is 1. The summed E-state index contributed by atoms with van der Waals surface area (Å²) in [5, 5.41) is 0. The quantitative estimate of drug-likeness (QED) is 0.289. The van der Waals surface area contributed by atoms with Crippen LogP contribution < -0.4 is 4.74 Å². The second-order valence-corrected chi connectivity index (χ2v) is 12.4. The van der Waals surface area contributed by atoms with Crippen LogP contribution in [0.15, 0.2) is 24.3 Å². The Morgan fingerprint density at radius 3 is 2.10 bits per heavy atom. The van der Waals surface area contributed by atoms with E-state index in [1.165, 1.54) is 51.0 Å². The number of carbonyl (C=O) groups excluding carboxylic acids is 1. The van der Waals surface area contributed by atoms with Crippen molar-refractivity contribution in [3.05, 3.63) is 29.8 Å². The molecule has 1 aliphatic rings. The van der Waals surface area contributed by atoms with Gasteiger partial charge in [0.25, 0.3) is 0 Å². The fourth-order valence-corrected chi connectivity index (χ4v) is 5.53. The van der Waals surface area contributed by atoms with Crippen LogP contribution in [-0.4, -0.2) is 24.9 Å². The van der Waals surface area contributed by atoms with Crippen molar-refractivity contribution in [2.45, 2.75) is 90.2 Å². The first kappa shape index (κ1) is 23.9. The summed E-state index contributed by atoms with van der Waals surface area (Å²) in [5.74, 6) is 1.80. The van der Waals surface area contributed by atoms with Gasteiger partial charge in [-0.2, -0.15) is 0 Å². The minimum absolute atomic E-state index is 0.289. The molecule has 1 fully saturated rings. The van der Waals surface area contributed by atoms with Crippen LogP contribution in [0.3, 0.4) is 0 Å². The van der Waals surface area contributed by atoms with Gasteiger partial charge < -0.3 is 4.74 Å². The Bertz CT molecular complexity index is 736. The fourth-order valence-electron chi connectivity index (χ4n) is 4.08. The molecule has 2 rings (SSSR count). The van der Waals surface area contributed by atoms with Crippen molar-refractivity contribution in [3.8, 4) is 5.75 Å². The van der Waals surface area contributed by atoms with Crippen LogP contribution in [0.25, 0.3) is 0 Å². The van der Waals surface area contributed by atoms with Crippen molar-refractivity contribution in [2.75, 3.05) is 5.75 Å². The monoisotopic (exact) mass is 422 g/mol. The highest BCUT2D eigenvalue weighted by Crippen LogP contribution is 2.34.